The zero-order valence-electron chi connectivity index (χ0n) is 31.9. The minimum Gasteiger partial charge on any atom is -0.505 e. The fourth-order valence-corrected chi connectivity index (χ4v) is 7.90. The molecule has 62 heavy (non-hydrogen) atoms. The average molecular weight is 936 g/mol. The Bertz CT molecular complexity index is 2780. The number of benzene rings is 4. The minimum atomic E-state index is -5.14. The van der Waals surface area contributed by atoms with Gasteiger partial charge >= 0.3 is 13.8 Å². The molecule has 24 nitrogen and oxygen atoms in total. The second-order valence-electron chi connectivity index (χ2n) is 12.2. The average Bonchev–Trinajstić information content (AvgIpc) is 3.20. The van der Waals surface area contributed by atoms with Crippen molar-refractivity contribution in [2.45, 2.75) is 28.5 Å². The lowest BCUT2D eigenvalue weighted by atomic mass is 10.2. The van der Waals surface area contributed by atoms with Gasteiger partial charge in [-0.15, -0.1) is 14.6 Å². The van der Waals surface area contributed by atoms with E-state index in [1.165, 1.54) is 48.2 Å². The Labute approximate surface area is 356 Å². The number of aromatic carboxylic acids is 1. The molecule has 28 heteroatoms. The number of azo groups is 1. The van der Waals surface area contributed by atoms with Crippen LogP contribution in [0.3, 0.4) is 0 Å². The van der Waals surface area contributed by atoms with E-state index in [0.717, 1.165) is 12.1 Å². The molecule has 0 saturated carbocycles. The molecular weight excluding hydrogens is 902 g/mol. The second-order valence-corrected chi connectivity index (χ2v) is 17.7. The highest BCUT2D eigenvalue weighted by atomic mass is 32.2. The van der Waals surface area contributed by atoms with Crippen LogP contribution in [0.25, 0.3) is 0 Å². The summed E-state index contributed by atoms with van der Waals surface area (Å²) >= 11 is 0.545. The van der Waals surface area contributed by atoms with Crippen LogP contribution in [0.2, 0.25) is 0 Å². The van der Waals surface area contributed by atoms with Gasteiger partial charge in [0.1, 0.15) is 22.2 Å². The van der Waals surface area contributed by atoms with E-state index in [1.807, 2.05) is 0 Å². The number of phenolic OH excluding ortho intramolecular Hbond substituents is 1. The maximum atomic E-state index is 12.9. The van der Waals surface area contributed by atoms with Gasteiger partial charge in [0.05, 0.1) is 40.5 Å². The normalized spacial score (nSPS) is 12.4. The van der Waals surface area contributed by atoms with Crippen molar-refractivity contribution < 1.29 is 69.9 Å². The van der Waals surface area contributed by atoms with Crippen molar-refractivity contribution in [3.63, 3.8) is 0 Å². The molecule has 5 rings (SSSR count). The number of hydrogen-bond acceptors (Lipinski definition) is 20. The van der Waals surface area contributed by atoms with Crippen LogP contribution in [-0.4, -0.2) is 92.3 Å². The fraction of sp³-hybridized carbons (Fsp3) is 0.147. The lowest BCUT2D eigenvalue weighted by Gasteiger charge is -2.22. The SMILES string of the molecule is CCN(c1cccc(S(=O)(=O)CCOP(=O)(O)O)c1)c1nc(C)nc(Nc2cc(O)c(N=NC(=NNc3cc(SOOO)ccc3C(=O)O)c3ccccc3)c(S(=O)(=O)O)c2)n1. The van der Waals surface area contributed by atoms with Crippen LogP contribution in [-0.2, 0) is 38.4 Å². The van der Waals surface area contributed by atoms with Gasteiger partial charge in [0.2, 0.25) is 17.7 Å². The number of aromatic hydroxyl groups is 1. The second kappa shape index (κ2) is 20.3. The summed E-state index contributed by atoms with van der Waals surface area (Å²) < 4.78 is 81.2. The first kappa shape index (κ1) is 47.1. The van der Waals surface area contributed by atoms with Crippen LogP contribution >= 0.6 is 19.9 Å². The molecule has 0 amide bonds. The topological polar surface area (TPSA) is 355 Å². The summed E-state index contributed by atoms with van der Waals surface area (Å²) in [4.78, 5) is 43.4. The van der Waals surface area contributed by atoms with E-state index in [-0.39, 0.29) is 62.4 Å². The molecule has 0 atom stereocenters. The Hall–Kier alpha value is -5.97. The molecule has 328 valence electrons. The Morgan fingerprint density at radius 1 is 0.968 bits per heavy atom. The van der Waals surface area contributed by atoms with Gasteiger partial charge in [-0.2, -0.15) is 28.5 Å². The highest BCUT2D eigenvalue weighted by Gasteiger charge is 2.24. The number of hydrogen-bond donors (Lipinski definition) is 8. The summed E-state index contributed by atoms with van der Waals surface area (Å²) in [6.45, 7) is 2.65. The van der Waals surface area contributed by atoms with Crippen molar-refractivity contribution >= 4 is 86.3 Å². The smallest absolute Gasteiger partial charge is 0.469 e. The third-order valence-electron chi connectivity index (χ3n) is 7.92. The Balaban J connectivity index is 1.47. The summed E-state index contributed by atoms with van der Waals surface area (Å²) in [5, 5.41) is 47.7. The minimum absolute atomic E-state index is 0.00123. The molecule has 5 aromatic rings. The number of sulfone groups is 1. The largest absolute Gasteiger partial charge is 0.505 e. The quantitative estimate of drug-likeness (QED) is 0.00729. The highest BCUT2D eigenvalue weighted by molar-refractivity contribution is 7.94. The lowest BCUT2D eigenvalue weighted by molar-refractivity contribution is -0.432. The number of carboxylic acids is 1. The van der Waals surface area contributed by atoms with Crippen LogP contribution in [0, 0.1) is 6.92 Å². The van der Waals surface area contributed by atoms with Gasteiger partial charge in [0, 0.05) is 34.4 Å². The van der Waals surface area contributed by atoms with E-state index >= 15 is 0 Å². The van der Waals surface area contributed by atoms with Crippen LogP contribution in [0.15, 0.2) is 115 Å². The Morgan fingerprint density at radius 3 is 2.37 bits per heavy atom. The number of carboxylic acid groups (broad SMARTS) is 1. The van der Waals surface area contributed by atoms with E-state index in [2.05, 4.69) is 54.9 Å². The summed E-state index contributed by atoms with van der Waals surface area (Å²) in [7, 11) is -14.1. The molecule has 0 aliphatic heterocycles. The number of aryl methyl sites for hydroxylation is 1. The molecule has 0 bridgehead atoms. The Morgan fingerprint density at radius 2 is 1.71 bits per heavy atom. The van der Waals surface area contributed by atoms with E-state index in [4.69, 9.17) is 15.0 Å². The molecule has 0 radical (unpaired) electrons. The van der Waals surface area contributed by atoms with Crippen LogP contribution in [0.5, 0.6) is 5.75 Å². The van der Waals surface area contributed by atoms with Gasteiger partial charge in [-0.1, -0.05) is 41.4 Å². The molecular formula is C34H34N9O15PS3. The lowest BCUT2D eigenvalue weighted by Crippen LogP contribution is -2.21. The van der Waals surface area contributed by atoms with Gasteiger partial charge in [-0.25, -0.2) is 23.0 Å². The van der Waals surface area contributed by atoms with E-state index < -0.39 is 62.4 Å². The predicted octanol–water partition coefficient (Wildman–Crippen LogP) is 5.60. The third-order valence-corrected chi connectivity index (χ3v) is 11.6. The van der Waals surface area contributed by atoms with E-state index in [0.29, 0.717) is 17.7 Å². The zero-order chi connectivity index (χ0) is 45.2. The van der Waals surface area contributed by atoms with Crippen LogP contribution in [0.4, 0.5) is 34.6 Å². The molecule has 4 aromatic carbocycles. The number of carbonyl (C=O) groups is 1. The standard InChI is InChI=1S/C34H34N9O15PS3/c1-3-43(23-10-7-11-25(18-23)61(51,52)15-14-56-59(48,49)50)34-36-20(2)35-33(38-34)37-22-16-28(44)30(29(17-22)62(53,54)55)40-42-31(21-8-5-4-6-9-21)41-39-27-19-24(60-58-57-47)12-13-26(27)32(45)46/h4-13,16-19,39,44,47H,3,14-15H2,1-2H3,(H,45,46)(H2,48,49,50)(H,53,54,55)(H,35,36,37,38). The number of aromatic nitrogens is 3. The van der Waals surface area contributed by atoms with Crippen molar-refractivity contribution in [3.05, 3.63) is 102 Å². The monoisotopic (exact) mass is 935 g/mol. The van der Waals surface area contributed by atoms with E-state index in [9.17, 15) is 41.0 Å². The first-order chi connectivity index (χ1) is 29.3. The maximum Gasteiger partial charge on any atom is 0.469 e. The predicted molar refractivity (Wildman–Crippen MR) is 220 cm³/mol. The van der Waals surface area contributed by atoms with Crippen molar-refractivity contribution in [2.75, 3.05) is 34.5 Å². The molecule has 0 aliphatic carbocycles. The maximum absolute atomic E-state index is 12.9. The fourth-order valence-electron chi connectivity index (χ4n) is 5.26. The van der Waals surface area contributed by atoms with Crippen LogP contribution in [0.1, 0.15) is 28.7 Å². The summed E-state index contributed by atoms with van der Waals surface area (Å²) in [5.74, 6) is -3.15. The number of phenols is 1. The molecule has 0 saturated heterocycles. The summed E-state index contributed by atoms with van der Waals surface area (Å²) in [6, 6.07) is 19.4. The number of amidine groups is 1. The molecule has 0 spiro atoms. The van der Waals surface area contributed by atoms with Gasteiger partial charge in [0.25, 0.3) is 10.1 Å². The molecule has 0 aliphatic rings. The number of nitrogens with one attached hydrogen (secondary N) is 2. The number of anilines is 5. The van der Waals surface area contributed by atoms with Gasteiger partial charge in [-0.3, -0.25) is 14.5 Å². The van der Waals surface area contributed by atoms with Gasteiger partial charge in [0.15, 0.2) is 9.84 Å². The van der Waals surface area contributed by atoms with Crippen molar-refractivity contribution in [1.82, 2.24) is 15.0 Å². The summed E-state index contributed by atoms with van der Waals surface area (Å²) in [5.41, 5.74) is 1.95. The number of phosphoric acid groups is 1. The zero-order valence-corrected chi connectivity index (χ0v) is 35.2. The first-order valence-corrected chi connectivity index (χ1v) is 22.6. The molecule has 8 N–H and O–H groups in total. The van der Waals surface area contributed by atoms with Crippen molar-refractivity contribution in [3.8, 4) is 5.75 Å². The first-order valence-electron chi connectivity index (χ1n) is 17.3. The molecule has 1 aromatic heterocycles. The number of hydrazone groups is 1. The number of phosphoric ester groups is 1. The van der Waals surface area contributed by atoms with Crippen molar-refractivity contribution in [1.29, 1.82) is 0 Å². The van der Waals surface area contributed by atoms with Gasteiger partial charge < -0.3 is 30.2 Å². The highest BCUT2D eigenvalue weighted by Crippen LogP contribution is 2.39. The molecule has 0 fully saturated rings. The number of nitrogens with zero attached hydrogens (tertiary/aromatic N) is 7. The van der Waals surface area contributed by atoms with Gasteiger partial charge in [-0.05, 0) is 56.3 Å². The van der Waals surface area contributed by atoms with Crippen LogP contribution < -0.4 is 15.6 Å². The number of rotatable bonds is 19. The third kappa shape index (κ3) is 12.8. The molecule has 1 heterocycles. The summed E-state index contributed by atoms with van der Waals surface area (Å²) in [6.07, 6.45) is 0. The van der Waals surface area contributed by atoms with Crippen molar-refractivity contribution in [2.24, 2.45) is 15.3 Å². The molecule has 0 unspecified atom stereocenters. The Kier molecular flexibility index (Phi) is 15.4. The van der Waals surface area contributed by atoms with E-state index in [1.54, 1.807) is 43.3 Å².